The van der Waals surface area contributed by atoms with Crippen LogP contribution in [0.1, 0.15) is 28.3 Å². The lowest BCUT2D eigenvalue weighted by Gasteiger charge is -2.24. The average molecular weight is 262 g/mol. The minimum Gasteiger partial charge on any atom is -0.357 e. The van der Waals surface area contributed by atoms with Gasteiger partial charge in [0.25, 0.3) is 0 Å². The molecule has 1 atom stereocenters. The second kappa shape index (κ2) is 4.50. The molecule has 0 saturated heterocycles. The van der Waals surface area contributed by atoms with Gasteiger partial charge in [-0.2, -0.15) is 0 Å². The van der Waals surface area contributed by atoms with E-state index in [0.29, 0.717) is 5.92 Å². The number of hydrogen-bond acceptors (Lipinski definition) is 1. The highest BCUT2D eigenvalue weighted by Gasteiger charge is 2.25. The Bertz CT molecular complexity index is 753. The molecule has 1 aromatic heterocycles. The monoisotopic (exact) mass is 262 g/mol. The van der Waals surface area contributed by atoms with Gasteiger partial charge < -0.3 is 10.3 Å². The predicted octanol–water partition coefficient (Wildman–Crippen LogP) is 3.71. The Morgan fingerprint density at radius 2 is 1.80 bits per heavy atom. The molecule has 4 rings (SSSR count). The van der Waals surface area contributed by atoms with Crippen LogP contribution < -0.4 is 5.32 Å². The van der Waals surface area contributed by atoms with Crippen LogP contribution in [0.5, 0.6) is 0 Å². The molecule has 0 spiro atoms. The summed E-state index contributed by atoms with van der Waals surface area (Å²) in [6.45, 7) is 4.09. The van der Waals surface area contributed by atoms with Gasteiger partial charge in [0.1, 0.15) is 0 Å². The summed E-state index contributed by atoms with van der Waals surface area (Å²) in [7, 11) is 0. The van der Waals surface area contributed by atoms with Gasteiger partial charge in [0.15, 0.2) is 0 Å². The molecule has 2 aromatic carbocycles. The Balaban J connectivity index is 1.90. The molecule has 0 amide bonds. The Kier molecular flexibility index (Phi) is 2.64. The van der Waals surface area contributed by atoms with Crippen LogP contribution in [-0.4, -0.2) is 11.5 Å². The van der Waals surface area contributed by atoms with Crippen molar-refractivity contribution in [1.29, 1.82) is 0 Å². The quantitative estimate of drug-likeness (QED) is 0.687. The van der Waals surface area contributed by atoms with Crippen molar-refractivity contribution in [2.75, 3.05) is 6.54 Å². The molecule has 0 bridgehead atoms. The molecule has 100 valence electrons. The maximum Gasteiger partial charge on any atom is 0.0459 e. The molecule has 20 heavy (non-hydrogen) atoms. The number of aryl methyl sites for hydroxylation is 1. The molecular formula is C18H18N2. The zero-order valence-corrected chi connectivity index (χ0v) is 11.6. The van der Waals surface area contributed by atoms with E-state index in [1.807, 2.05) is 0 Å². The van der Waals surface area contributed by atoms with Crippen LogP contribution in [0.2, 0.25) is 0 Å². The number of fused-ring (bicyclic) bond motifs is 3. The number of H-pyrrole nitrogens is 1. The average Bonchev–Trinajstić information content (AvgIpc) is 2.86. The van der Waals surface area contributed by atoms with Crippen LogP contribution in [0.4, 0.5) is 0 Å². The molecule has 0 aliphatic carbocycles. The van der Waals surface area contributed by atoms with E-state index in [0.717, 1.165) is 13.1 Å². The fraction of sp³-hybridized carbons (Fsp3) is 0.222. The van der Waals surface area contributed by atoms with Gasteiger partial charge in [-0.25, -0.2) is 0 Å². The lowest BCUT2D eigenvalue weighted by Crippen LogP contribution is -2.28. The maximum absolute atomic E-state index is 3.56. The number of aromatic nitrogens is 1. The standard InChI is InChI=1S/C18H18N2/c1-12-6-8-13(9-7-12)15-10-19-11-17-18(15)14-4-2-3-5-16(14)20-17/h2-9,15,19-20H,10-11H2,1H3. The van der Waals surface area contributed by atoms with Gasteiger partial charge in [-0.15, -0.1) is 0 Å². The number of para-hydroxylation sites is 1. The summed E-state index contributed by atoms with van der Waals surface area (Å²) in [6, 6.07) is 17.6. The van der Waals surface area contributed by atoms with E-state index in [4.69, 9.17) is 0 Å². The molecule has 3 aromatic rings. The smallest absolute Gasteiger partial charge is 0.0459 e. The summed E-state index contributed by atoms with van der Waals surface area (Å²) in [5, 5.41) is 4.90. The van der Waals surface area contributed by atoms with Gasteiger partial charge in [-0.3, -0.25) is 0 Å². The van der Waals surface area contributed by atoms with Crippen molar-refractivity contribution in [1.82, 2.24) is 10.3 Å². The Labute approximate surface area is 118 Å². The highest BCUT2D eigenvalue weighted by Crippen LogP contribution is 2.35. The Morgan fingerprint density at radius 3 is 2.65 bits per heavy atom. The van der Waals surface area contributed by atoms with Gasteiger partial charge >= 0.3 is 0 Å². The first-order chi connectivity index (χ1) is 9.83. The molecule has 0 saturated carbocycles. The van der Waals surface area contributed by atoms with Crippen molar-refractivity contribution in [3.63, 3.8) is 0 Å². The van der Waals surface area contributed by atoms with Gasteiger partial charge in [0.2, 0.25) is 0 Å². The molecule has 2 heteroatoms. The predicted molar refractivity (Wildman–Crippen MR) is 83.0 cm³/mol. The third-order valence-corrected chi connectivity index (χ3v) is 4.31. The van der Waals surface area contributed by atoms with Crippen LogP contribution >= 0.6 is 0 Å². The number of hydrogen-bond donors (Lipinski definition) is 2. The SMILES string of the molecule is Cc1ccc(C2CNCc3[nH]c4ccccc4c32)cc1. The van der Waals surface area contributed by atoms with Gasteiger partial charge in [0, 0.05) is 35.6 Å². The van der Waals surface area contributed by atoms with E-state index >= 15 is 0 Å². The van der Waals surface area contributed by atoms with Crippen LogP contribution in [0.25, 0.3) is 10.9 Å². The van der Waals surface area contributed by atoms with E-state index in [1.54, 1.807) is 0 Å². The fourth-order valence-electron chi connectivity index (χ4n) is 3.28. The summed E-state index contributed by atoms with van der Waals surface area (Å²) in [4.78, 5) is 3.56. The highest BCUT2D eigenvalue weighted by molar-refractivity contribution is 5.86. The van der Waals surface area contributed by atoms with E-state index in [9.17, 15) is 0 Å². The molecule has 2 heterocycles. The van der Waals surface area contributed by atoms with E-state index in [2.05, 4.69) is 65.8 Å². The first-order valence-electron chi connectivity index (χ1n) is 7.19. The van der Waals surface area contributed by atoms with Crippen molar-refractivity contribution >= 4 is 10.9 Å². The van der Waals surface area contributed by atoms with Crippen LogP contribution in [0.15, 0.2) is 48.5 Å². The molecular weight excluding hydrogens is 244 g/mol. The number of aromatic amines is 1. The molecule has 1 aliphatic rings. The van der Waals surface area contributed by atoms with Crippen molar-refractivity contribution < 1.29 is 0 Å². The number of benzene rings is 2. The second-order valence-corrected chi connectivity index (χ2v) is 5.66. The normalized spacial score (nSPS) is 18.1. The van der Waals surface area contributed by atoms with Crippen LogP contribution in [0, 0.1) is 6.92 Å². The largest absolute Gasteiger partial charge is 0.357 e. The third-order valence-electron chi connectivity index (χ3n) is 4.31. The molecule has 2 nitrogen and oxygen atoms in total. The van der Waals surface area contributed by atoms with Crippen LogP contribution in [-0.2, 0) is 6.54 Å². The number of rotatable bonds is 1. The van der Waals surface area contributed by atoms with Crippen LogP contribution in [0.3, 0.4) is 0 Å². The molecule has 1 unspecified atom stereocenters. The minimum atomic E-state index is 0.440. The van der Waals surface area contributed by atoms with Crippen molar-refractivity contribution in [2.45, 2.75) is 19.4 Å². The Morgan fingerprint density at radius 1 is 1.00 bits per heavy atom. The summed E-state index contributed by atoms with van der Waals surface area (Å²) < 4.78 is 0. The van der Waals surface area contributed by atoms with Gasteiger partial charge in [-0.05, 0) is 24.1 Å². The lowest BCUT2D eigenvalue weighted by molar-refractivity contribution is 0.587. The maximum atomic E-state index is 3.56. The molecule has 2 N–H and O–H groups in total. The minimum absolute atomic E-state index is 0.440. The van der Waals surface area contributed by atoms with E-state index in [1.165, 1.54) is 33.3 Å². The number of nitrogens with one attached hydrogen (secondary N) is 2. The first kappa shape index (κ1) is 11.7. The fourth-order valence-corrected chi connectivity index (χ4v) is 3.28. The molecule has 1 aliphatic heterocycles. The summed E-state index contributed by atoms with van der Waals surface area (Å²) in [5.41, 5.74) is 6.77. The zero-order valence-electron chi connectivity index (χ0n) is 11.6. The first-order valence-corrected chi connectivity index (χ1v) is 7.19. The Hall–Kier alpha value is -2.06. The molecule has 0 fully saturated rings. The van der Waals surface area contributed by atoms with E-state index in [-0.39, 0.29) is 0 Å². The van der Waals surface area contributed by atoms with Crippen molar-refractivity contribution in [3.05, 3.63) is 70.9 Å². The summed E-state index contributed by atoms with van der Waals surface area (Å²) >= 11 is 0. The highest BCUT2D eigenvalue weighted by atomic mass is 14.9. The lowest BCUT2D eigenvalue weighted by atomic mass is 9.86. The van der Waals surface area contributed by atoms with Gasteiger partial charge in [0.05, 0.1) is 0 Å². The second-order valence-electron chi connectivity index (χ2n) is 5.66. The van der Waals surface area contributed by atoms with Crippen molar-refractivity contribution in [3.8, 4) is 0 Å². The van der Waals surface area contributed by atoms with Crippen molar-refractivity contribution in [2.24, 2.45) is 0 Å². The summed E-state index contributed by atoms with van der Waals surface area (Å²) in [5.74, 6) is 0.440. The molecule has 0 radical (unpaired) electrons. The zero-order chi connectivity index (χ0) is 13.5. The van der Waals surface area contributed by atoms with Gasteiger partial charge in [-0.1, -0.05) is 48.0 Å². The third kappa shape index (κ3) is 1.76. The van der Waals surface area contributed by atoms with E-state index < -0.39 is 0 Å². The topological polar surface area (TPSA) is 27.8 Å². The summed E-state index contributed by atoms with van der Waals surface area (Å²) in [6.07, 6.45) is 0.